The number of nitrogens with zero attached hydrogens (tertiary/aromatic N) is 3. The SMILES string of the molecule is CCn1c(COc2ccc(OC)cc2)nnc1SCC(=O)Nc1cc(F)ccc1C. The number of hydrogen-bond donors (Lipinski definition) is 1. The van der Waals surface area contributed by atoms with Crippen molar-refractivity contribution in [2.75, 3.05) is 18.2 Å². The Morgan fingerprint density at radius 2 is 1.90 bits per heavy atom. The lowest BCUT2D eigenvalue weighted by Gasteiger charge is -2.10. The van der Waals surface area contributed by atoms with Gasteiger partial charge in [-0.2, -0.15) is 0 Å². The molecule has 0 aliphatic rings. The minimum Gasteiger partial charge on any atom is -0.497 e. The van der Waals surface area contributed by atoms with E-state index in [2.05, 4.69) is 15.5 Å². The molecule has 0 saturated carbocycles. The first-order chi connectivity index (χ1) is 14.5. The first-order valence-electron chi connectivity index (χ1n) is 9.38. The van der Waals surface area contributed by atoms with Crippen LogP contribution in [-0.2, 0) is 17.9 Å². The van der Waals surface area contributed by atoms with E-state index in [0.717, 1.165) is 11.3 Å². The Hall–Kier alpha value is -3.07. The molecule has 0 bridgehead atoms. The second-order valence-electron chi connectivity index (χ2n) is 6.40. The third-order valence-electron chi connectivity index (χ3n) is 4.34. The number of amides is 1. The Labute approximate surface area is 178 Å². The summed E-state index contributed by atoms with van der Waals surface area (Å²) in [6.45, 7) is 4.68. The summed E-state index contributed by atoms with van der Waals surface area (Å²) < 4.78 is 26.2. The maximum atomic E-state index is 13.4. The maximum Gasteiger partial charge on any atom is 0.234 e. The van der Waals surface area contributed by atoms with Crippen LogP contribution in [0.25, 0.3) is 0 Å². The number of carbonyl (C=O) groups is 1. The molecule has 1 heterocycles. The van der Waals surface area contributed by atoms with Crippen LogP contribution in [0.15, 0.2) is 47.6 Å². The second-order valence-corrected chi connectivity index (χ2v) is 7.35. The van der Waals surface area contributed by atoms with Gasteiger partial charge < -0.3 is 19.4 Å². The molecule has 2 aromatic carbocycles. The number of anilines is 1. The Morgan fingerprint density at radius 1 is 1.17 bits per heavy atom. The van der Waals surface area contributed by atoms with Crippen molar-refractivity contribution in [2.24, 2.45) is 0 Å². The second kappa shape index (κ2) is 10.1. The molecule has 0 unspecified atom stereocenters. The highest BCUT2D eigenvalue weighted by Gasteiger charge is 2.14. The van der Waals surface area contributed by atoms with Crippen LogP contribution in [0, 0.1) is 12.7 Å². The minimum absolute atomic E-state index is 0.132. The van der Waals surface area contributed by atoms with E-state index in [0.29, 0.717) is 29.0 Å². The van der Waals surface area contributed by atoms with Crippen LogP contribution in [0.5, 0.6) is 11.5 Å². The molecular formula is C21H23FN4O3S. The molecule has 0 fully saturated rings. The molecule has 0 saturated heterocycles. The van der Waals surface area contributed by atoms with Crippen molar-refractivity contribution < 1.29 is 18.7 Å². The van der Waals surface area contributed by atoms with Crippen molar-refractivity contribution in [3.63, 3.8) is 0 Å². The average Bonchev–Trinajstić information content (AvgIpc) is 3.15. The van der Waals surface area contributed by atoms with Crippen LogP contribution < -0.4 is 14.8 Å². The van der Waals surface area contributed by atoms with Gasteiger partial charge in [0.05, 0.1) is 12.9 Å². The van der Waals surface area contributed by atoms with Gasteiger partial charge in [0.1, 0.15) is 23.9 Å². The van der Waals surface area contributed by atoms with Crippen LogP contribution in [-0.4, -0.2) is 33.5 Å². The van der Waals surface area contributed by atoms with E-state index >= 15 is 0 Å². The van der Waals surface area contributed by atoms with E-state index in [9.17, 15) is 9.18 Å². The highest BCUT2D eigenvalue weighted by Crippen LogP contribution is 2.21. The first kappa shape index (κ1) is 21.6. The summed E-state index contributed by atoms with van der Waals surface area (Å²) in [5, 5.41) is 11.7. The number of ether oxygens (including phenoxy) is 2. The topological polar surface area (TPSA) is 78.3 Å². The van der Waals surface area contributed by atoms with Crippen LogP contribution in [0.3, 0.4) is 0 Å². The molecule has 1 aromatic heterocycles. The number of aryl methyl sites for hydroxylation is 1. The molecule has 0 aliphatic carbocycles. The molecule has 0 radical (unpaired) electrons. The fourth-order valence-corrected chi connectivity index (χ4v) is 3.54. The lowest BCUT2D eigenvalue weighted by molar-refractivity contribution is -0.113. The number of aromatic nitrogens is 3. The number of rotatable bonds is 9. The zero-order chi connectivity index (χ0) is 21.5. The van der Waals surface area contributed by atoms with Gasteiger partial charge in [-0.3, -0.25) is 4.79 Å². The Morgan fingerprint density at radius 3 is 2.60 bits per heavy atom. The standard InChI is InChI=1S/C21H23FN4O3S/c1-4-26-19(12-29-17-9-7-16(28-3)8-10-17)24-25-21(26)30-13-20(27)23-18-11-15(22)6-5-14(18)2/h5-11H,4,12-13H2,1-3H3,(H,23,27). The number of hydrogen-bond acceptors (Lipinski definition) is 6. The molecule has 3 rings (SSSR count). The first-order valence-corrected chi connectivity index (χ1v) is 10.4. The Balaban J connectivity index is 1.58. The number of carbonyl (C=O) groups excluding carboxylic acids is 1. The Kier molecular flexibility index (Phi) is 7.29. The number of methoxy groups -OCH3 is 1. The van der Waals surface area contributed by atoms with Gasteiger partial charge in [-0.15, -0.1) is 10.2 Å². The predicted molar refractivity (Wildman–Crippen MR) is 114 cm³/mol. The third kappa shape index (κ3) is 5.50. The van der Waals surface area contributed by atoms with Crippen LogP contribution in [0.2, 0.25) is 0 Å². The van der Waals surface area contributed by atoms with E-state index in [4.69, 9.17) is 9.47 Å². The normalized spacial score (nSPS) is 10.7. The third-order valence-corrected chi connectivity index (χ3v) is 5.31. The fourth-order valence-electron chi connectivity index (χ4n) is 2.72. The average molecular weight is 431 g/mol. The Bertz CT molecular complexity index is 1010. The lowest BCUT2D eigenvalue weighted by atomic mass is 10.2. The molecule has 3 aromatic rings. The molecule has 0 atom stereocenters. The van der Waals surface area contributed by atoms with Gasteiger partial charge in [0.25, 0.3) is 0 Å². The van der Waals surface area contributed by atoms with Crippen molar-refractivity contribution in [2.45, 2.75) is 32.2 Å². The van der Waals surface area contributed by atoms with Crippen LogP contribution >= 0.6 is 11.8 Å². The quantitative estimate of drug-likeness (QED) is 0.516. The number of halogens is 1. The number of nitrogens with one attached hydrogen (secondary N) is 1. The molecule has 9 heteroatoms. The van der Waals surface area contributed by atoms with Gasteiger partial charge in [-0.1, -0.05) is 17.8 Å². The van der Waals surface area contributed by atoms with Crippen molar-refractivity contribution in [3.05, 3.63) is 59.7 Å². The fraction of sp³-hybridized carbons (Fsp3) is 0.286. The summed E-state index contributed by atoms with van der Waals surface area (Å²) in [6, 6.07) is 11.6. The van der Waals surface area contributed by atoms with Crippen LogP contribution in [0.1, 0.15) is 18.3 Å². The smallest absolute Gasteiger partial charge is 0.234 e. The largest absolute Gasteiger partial charge is 0.497 e. The zero-order valence-electron chi connectivity index (χ0n) is 17.0. The van der Waals surface area contributed by atoms with Crippen molar-refractivity contribution in [1.29, 1.82) is 0 Å². The van der Waals surface area contributed by atoms with E-state index < -0.39 is 5.82 Å². The maximum absolute atomic E-state index is 13.4. The van der Waals surface area contributed by atoms with E-state index in [1.165, 1.54) is 23.9 Å². The van der Waals surface area contributed by atoms with Gasteiger partial charge in [-0.25, -0.2) is 4.39 Å². The summed E-state index contributed by atoms with van der Waals surface area (Å²) in [7, 11) is 1.61. The van der Waals surface area contributed by atoms with Gasteiger partial charge in [0, 0.05) is 12.2 Å². The summed E-state index contributed by atoms with van der Waals surface area (Å²) in [5.41, 5.74) is 1.26. The molecule has 7 nitrogen and oxygen atoms in total. The highest BCUT2D eigenvalue weighted by atomic mass is 32.2. The van der Waals surface area contributed by atoms with Crippen molar-refractivity contribution in [1.82, 2.24) is 14.8 Å². The van der Waals surface area contributed by atoms with Crippen LogP contribution in [0.4, 0.5) is 10.1 Å². The predicted octanol–water partition coefficient (Wildman–Crippen LogP) is 4.06. The van der Waals surface area contributed by atoms with E-state index in [1.54, 1.807) is 13.2 Å². The summed E-state index contributed by atoms with van der Waals surface area (Å²) in [4.78, 5) is 12.3. The van der Waals surface area contributed by atoms with Gasteiger partial charge in [0.2, 0.25) is 5.91 Å². The zero-order valence-corrected chi connectivity index (χ0v) is 17.8. The molecule has 30 heavy (non-hydrogen) atoms. The summed E-state index contributed by atoms with van der Waals surface area (Å²) in [6.07, 6.45) is 0. The monoisotopic (exact) mass is 430 g/mol. The molecule has 1 N–H and O–H groups in total. The lowest BCUT2D eigenvalue weighted by Crippen LogP contribution is -2.15. The molecule has 0 spiro atoms. The van der Waals surface area contributed by atoms with E-state index in [-0.39, 0.29) is 18.3 Å². The number of benzene rings is 2. The van der Waals surface area contributed by atoms with E-state index in [1.807, 2.05) is 42.7 Å². The minimum atomic E-state index is -0.393. The van der Waals surface area contributed by atoms with Crippen molar-refractivity contribution in [3.8, 4) is 11.5 Å². The summed E-state index contributed by atoms with van der Waals surface area (Å²) >= 11 is 1.27. The van der Waals surface area contributed by atoms with Gasteiger partial charge in [-0.05, 0) is 55.8 Å². The molecule has 1 amide bonds. The van der Waals surface area contributed by atoms with Gasteiger partial charge in [0.15, 0.2) is 11.0 Å². The molecule has 158 valence electrons. The molecular weight excluding hydrogens is 407 g/mol. The molecule has 0 aliphatic heterocycles. The van der Waals surface area contributed by atoms with Gasteiger partial charge >= 0.3 is 0 Å². The number of thioether (sulfide) groups is 1. The highest BCUT2D eigenvalue weighted by molar-refractivity contribution is 7.99. The summed E-state index contributed by atoms with van der Waals surface area (Å²) in [5.74, 6) is 1.61. The van der Waals surface area contributed by atoms with Crippen molar-refractivity contribution >= 4 is 23.4 Å².